The zero-order valence-corrected chi connectivity index (χ0v) is 18.5. The molecule has 2 aromatic carbocycles. The van der Waals surface area contributed by atoms with E-state index >= 15 is 0 Å². The number of anilines is 1. The van der Waals surface area contributed by atoms with Gasteiger partial charge in [0.1, 0.15) is 0 Å². The van der Waals surface area contributed by atoms with Crippen molar-refractivity contribution in [3.05, 3.63) is 82.7 Å². The lowest BCUT2D eigenvalue weighted by molar-refractivity contribution is 0.0909. The minimum Gasteiger partial charge on any atom is -0.378 e. The molecular weight excluding hydrogens is 386 g/mol. The zero-order chi connectivity index (χ0) is 22.3. The summed E-state index contributed by atoms with van der Waals surface area (Å²) in [5.74, 6) is -0.274. The molecule has 31 heavy (non-hydrogen) atoms. The van der Waals surface area contributed by atoms with Crippen molar-refractivity contribution < 1.29 is 9.59 Å². The van der Waals surface area contributed by atoms with Gasteiger partial charge in [-0.2, -0.15) is 0 Å². The van der Waals surface area contributed by atoms with Gasteiger partial charge >= 0.3 is 0 Å². The van der Waals surface area contributed by atoms with Gasteiger partial charge in [-0.1, -0.05) is 44.2 Å². The first-order chi connectivity index (χ1) is 14.7. The van der Waals surface area contributed by atoms with Crippen LogP contribution in [0.25, 0.3) is 5.69 Å². The second-order valence-corrected chi connectivity index (χ2v) is 9.32. The first-order valence-corrected chi connectivity index (χ1v) is 10.7. The van der Waals surface area contributed by atoms with Gasteiger partial charge < -0.3 is 15.6 Å². The van der Waals surface area contributed by atoms with E-state index in [9.17, 15) is 9.59 Å². The maximum atomic E-state index is 12.8. The molecule has 0 aliphatic heterocycles. The second-order valence-electron chi connectivity index (χ2n) is 9.32. The Labute approximate surface area is 183 Å². The molecule has 0 saturated carbocycles. The topological polar surface area (TPSA) is 77.1 Å². The number of benzene rings is 2. The molecule has 5 nitrogen and oxygen atoms in total. The molecule has 1 unspecified atom stereocenters. The summed E-state index contributed by atoms with van der Waals surface area (Å²) in [6.07, 6.45) is 3.41. The Bertz CT molecular complexity index is 1160. The molecule has 0 spiro atoms. The van der Waals surface area contributed by atoms with E-state index in [4.69, 9.17) is 5.73 Å². The molecule has 5 heteroatoms. The van der Waals surface area contributed by atoms with Crippen molar-refractivity contribution in [3.8, 4) is 5.69 Å². The van der Waals surface area contributed by atoms with E-state index in [0.717, 1.165) is 34.5 Å². The summed E-state index contributed by atoms with van der Waals surface area (Å²) in [6, 6.07) is 15.7. The molecular formula is C26H29N3O2. The van der Waals surface area contributed by atoms with Crippen molar-refractivity contribution >= 4 is 17.4 Å². The molecule has 0 bridgehead atoms. The molecule has 1 atom stereocenters. The number of nitrogens with zero attached hydrogens (tertiary/aromatic N) is 1. The number of ketones is 1. The number of rotatable bonds is 5. The Balaban J connectivity index is 1.78. The molecule has 0 fully saturated rings. The van der Waals surface area contributed by atoms with Crippen LogP contribution in [0.5, 0.6) is 0 Å². The number of carbonyl (C=O) groups excluding carboxylic acids is 2. The number of hydrogen-bond acceptors (Lipinski definition) is 3. The van der Waals surface area contributed by atoms with Crippen molar-refractivity contribution in [3.63, 3.8) is 0 Å². The zero-order valence-electron chi connectivity index (χ0n) is 18.5. The lowest BCUT2D eigenvalue weighted by Gasteiger charge is -2.30. The molecule has 1 aliphatic carbocycles. The molecule has 0 radical (unpaired) electrons. The normalized spacial score (nSPS) is 15.9. The van der Waals surface area contributed by atoms with E-state index in [2.05, 4.69) is 30.7 Å². The van der Waals surface area contributed by atoms with Gasteiger partial charge in [-0.05, 0) is 55.0 Å². The summed E-state index contributed by atoms with van der Waals surface area (Å²) in [4.78, 5) is 24.9. The van der Waals surface area contributed by atoms with Crippen LogP contribution in [-0.2, 0) is 6.42 Å². The maximum Gasteiger partial charge on any atom is 0.250 e. The first-order valence-electron chi connectivity index (χ1n) is 10.7. The second kappa shape index (κ2) is 7.73. The van der Waals surface area contributed by atoms with Crippen LogP contribution < -0.4 is 11.1 Å². The van der Waals surface area contributed by atoms with E-state index in [1.165, 1.54) is 0 Å². The standard InChI is InChI=1S/C26H29N3O2/c1-16-15-29(22-13-26(3,4)14-23(30)24(16)22)19-10-11-20(25(27)31)21(12-19)28-17(2)18-8-6-5-7-9-18/h5-12,15,17,28H,13-14H2,1-4H3,(H2,27,31). The highest BCUT2D eigenvalue weighted by atomic mass is 16.1. The molecule has 1 amide bonds. The van der Waals surface area contributed by atoms with E-state index in [0.29, 0.717) is 17.7 Å². The van der Waals surface area contributed by atoms with Gasteiger partial charge in [-0.15, -0.1) is 0 Å². The molecule has 4 rings (SSSR count). The summed E-state index contributed by atoms with van der Waals surface area (Å²) in [5, 5.41) is 3.45. The molecule has 0 saturated heterocycles. The number of primary amides is 1. The largest absolute Gasteiger partial charge is 0.378 e. The van der Waals surface area contributed by atoms with Crippen molar-refractivity contribution in [2.45, 2.75) is 46.6 Å². The summed E-state index contributed by atoms with van der Waals surface area (Å²) in [7, 11) is 0. The van der Waals surface area contributed by atoms with Crippen molar-refractivity contribution in [2.24, 2.45) is 11.1 Å². The highest BCUT2D eigenvalue weighted by Crippen LogP contribution is 2.38. The van der Waals surface area contributed by atoms with E-state index in [-0.39, 0.29) is 17.2 Å². The van der Waals surface area contributed by atoms with Crippen LogP contribution in [0.3, 0.4) is 0 Å². The molecule has 1 aromatic heterocycles. The van der Waals surface area contributed by atoms with Crippen molar-refractivity contribution in [1.29, 1.82) is 0 Å². The predicted octanol–water partition coefficient (Wildman–Crippen LogP) is 5.21. The number of hydrogen-bond donors (Lipinski definition) is 2. The minimum atomic E-state index is -0.476. The average Bonchev–Trinajstić information content (AvgIpc) is 3.03. The van der Waals surface area contributed by atoms with Gasteiger partial charge in [0.05, 0.1) is 5.56 Å². The molecule has 3 aromatic rings. The molecule has 160 valence electrons. The van der Waals surface area contributed by atoms with Crippen LogP contribution in [-0.4, -0.2) is 16.3 Å². The van der Waals surface area contributed by atoms with E-state index in [1.807, 2.05) is 55.6 Å². The number of Topliss-reactive ketones (excluding diaryl/α,β-unsaturated/α-hetero) is 1. The van der Waals surface area contributed by atoms with Gasteiger partial charge in [-0.25, -0.2) is 0 Å². The number of nitrogens with two attached hydrogens (primary N) is 1. The minimum absolute atomic E-state index is 0.00428. The number of fused-ring (bicyclic) bond motifs is 1. The van der Waals surface area contributed by atoms with E-state index in [1.54, 1.807) is 6.07 Å². The Morgan fingerprint density at radius 2 is 1.84 bits per heavy atom. The van der Waals surface area contributed by atoms with Gasteiger partial charge in [0.25, 0.3) is 5.91 Å². The summed E-state index contributed by atoms with van der Waals surface area (Å²) < 4.78 is 2.09. The highest BCUT2D eigenvalue weighted by Gasteiger charge is 2.34. The van der Waals surface area contributed by atoms with Crippen LogP contribution >= 0.6 is 0 Å². The Hall–Kier alpha value is -3.34. The monoisotopic (exact) mass is 415 g/mol. The SMILES string of the molecule is Cc1cn(-c2ccc(C(N)=O)c(NC(C)c3ccccc3)c2)c2c1C(=O)CC(C)(C)C2. The molecule has 1 heterocycles. The highest BCUT2D eigenvalue weighted by molar-refractivity contribution is 6.01. The summed E-state index contributed by atoms with van der Waals surface area (Å²) in [5.41, 5.74) is 11.6. The Kier molecular flexibility index (Phi) is 5.21. The lowest BCUT2D eigenvalue weighted by Crippen LogP contribution is -2.28. The Morgan fingerprint density at radius 1 is 1.13 bits per heavy atom. The first kappa shape index (κ1) is 20.9. The summed E-state index contributed by atoms with van der Waals surface area (Å²) in [6.45, 7) is 8.30. The summed E-state index contributed by atoms with van der Waals surface area (Å²) >= 11 is 0. The van der Waals surface area contributed by atoms with Crippen LogP contribution in [0, 0.1) is 12.3 Å². The number of aryl methyl sites for hydroxylation is 1. The number of carbonyl (C=O) groups is 2. The molecule has 3 N–H and O–H groups in total. The third-order valence-corrected chi connectivity index (χ3v) is 6.08. The quantitative estimate of drug-likeness (QED) is 0.600. The fourth-order valence-corrected chi connectivity index (χ4v) is 4.58. The number of aromatic nitrogens is 1. The van der Waals surface area contributed by atoms with Gasteiger partial charge in [0.2, 0.25) is 0 Å². The maximum absolute atomic E-state index is 12.8. The third-order valence-electron chi connectivity index (χ3n) is 6.08. The fourth-order valence-electron chi connectivity index (χ4n) is 4.58. The average molecular weight is 416 g/mol. The number of nitrogens with one attached hydrogen (secondary N) is 1. The van der Waals surface area contributed by atoms with Crippen LogP contribution in [0.4, 0.5) is 5.69 Å². The van der Waals surface area contributed by atoms with Crippen molar-refractivity contribution in [1.82, 2.24) is 4.57 Å². The van der Waals surface area contributed by atoms with Gasteiger partial charge in [-0.3, -0.25) is 9.59 Å². The van der Waals surface area contributed by atoms with E-state index < -0.39 is 5.91 Å². The predicted molar refractivity (Wildman–Crippen MR) is 124 cm³/mol. The number of amides is 1. The smallest absolute Gasteiger partial charge is 0.250 e. The Morgan fingerprint density at radius 3 is 2.52 bits per heavy atom. The lowest BCUT2D eigenvalue weighted by atomic mass is 9.75. The van der Waals surface area contributed by atoms with Gasteiger partial charge in [0, 0.05) is 41.3 Å². The van der Waals surface area contributed by atoms with Gasteiger partial charge in [0.15, 0.2) is 5.78 Å². The molecule has 1 aliphatic rings. The van der Waals surface area contributed by atoms with Crippen LogP contribution in [0.15, 0.2) is 54.7 Å². The van der Waals surface area contributed by atoms with Crippen molar-refractivity contribution in [2.75, 3.05) is 5.32 Å². The fraction of sp³-hybridized carbons (Fsp3) is 0.308. The van der Waals surface area contributed by atoms with Crippen LogP contribution in [0.1, 0.15) is 70.8 Å². The van der Waals surface area contributed by atoms with Crippen LogP contribution in [0.2, 0.25) is 0 Å². The third kappa shape index (κ3) is 4.00.